The van der Waals surface area contributed by atoms with Gasteiger partial charge in [0.05, 0.1) is 17.1 Å². The van der Waals surface area contributed by atoms with Crippen LogP contribution in [-0.2, 0) is 9.59 Å². The summed E-state index contributed by atoms with van der Waals surface area (Å²) in [6.45, 7) is 0. The summed E-state index contributed by atoms with van der Waals surface area (Å²) < 4.78 is 1.44. The first kappa shape index (κ1) is 16.3. The predicted molar refractivity (Wildman–Crippen MR) is 97.8 cm³/mol. The normalized spacial score (nSPS) is 15.9. The maximum Gasteiger partial charge on any atom is 0.249 e. The van der Waals surface area contributed by atoms with Crippen molar-refractivity contribution in [3.05, 3.63) is 59.6 Å². The van der Waals surface area contributed by atoms with Crippen LogP contribution in [0.15, 0.2) is 54.6 Å². The molecule has 4 rings (SSSR count). The van der Waals surface area contributed by atoms with Gasteiger partial charge in [-0.05, 0) is 12.1 Å². The number of benzene rings is 2. The fraction of sp³-hybridized carbons (Fsp3) is 0.111. The summed E-state index contributed by atoms with van der Waals surface area (Å²) in [6.07, 6.45) is -0.0269. The molecule has 0 unspecified atom stereocenters. The zero-order chi connectivity index (χ0) is 18.1. The van der Waals surface area contributed by atoms with Gasteiger partial charge in [0.2, 0.25) is 17.8 Å². The van der Waals surface area contributed by atoms with Crippen LogP contribution in [-0.4, -0.2) is 26.6 Å². The van der Waals surface area contributed by atoms with Gasteiger partial charge in [0, 0.05) is 5.56 Å². The quantitative estimate of drug-likeness (QED) is 0.744. The number of carbonyl (C=O) groups is 2. The van der Waals surface area contributed by atoms with Gasteiger partial charge >= 0.3 is 0 Å². The number of hydrogen-bond donors (Lipinski definition) is 2. The van der Waals surface area contributed by atoms with Gasteiger partial charge in [-0.2, -0.15) is 4.98 Å². The van der Waals surface area contributed by atoms with Crippen molar-refractivity contribution in [2.75, 3.05) is 10.6 Å². The molecule has 1 aliphatic rings. The number of nitrogens with one attached hydrogen (secondary N) is 2. The Kier molecular flexibility index (Phi) is 4.14. The lowest BCUT2D eigenvalue weighted by molar-refractivity contribution is -0.125. The highest BCUT2D eigenvalue weighted by molar-refractivity contribution is 6.33. The molecule has 8 heteroatoms. The standard InChI is InChI=1S/C18H14ClN5O2/c19-12-8-4-5-9-13(12)20-17(26)14-10-15(25)21-18-22-16(23-24(14)18)11-6-2-1-3-7-11/h1-9,14H,10H2,(H,20,26)(H,21,22,23,25)/t14-/m0/s1. The summed E-state index contributed by atoms with van der Waals surface area (Å²) in [7, 11) is 0. The second-order valence-electron chi connectivity index (χ2n) is 5.81. The van der Waals surface area contributed by atoms with Gasteiger partial charge in [0.1, 0.15) is 6.04 Å². The van der Waals surface area contributed by atoms with Gasteiger partial charge in [-0.15, -0.1) is 5.10 Å². The molecule has 130 valence electrons. The molecule has 1 atom stereocenters. The third-order valence-electron chi connectivity index (χ3n) is 4.02. The first-order valence-electron chi connectivity index (χ1n) is 7.99. The number of hydrogen-bond acceptors (Lipinski definition) is 4. The van der Waals surface area contributed by atoms with Crippen LogP contribution in [0.5, 0.6) is 0 Å². The second-order valence-corrected chi connectivity index (χ2v) is 6.21. The lowest BCUT2D eigenvalue weighted by atomic mass is 10.1. The van der Waals surface area contributed by atoms with E-state index in [0.29, 0.717) is 16.5 Å². The highest BCUT2D eigenvalue weighted by Gasteiger charge is 2.33. The Morgan fingerprint density at radius 3 is 2.65 bits per heavy atom. The Labute approximate surface area is 154 Å². The molecular weight excluding hydrogens is 354 g/mol. The average Bonchev–Trinajstić information content (AvgIpc) is 3.07. The first-order chi connectivity index (χ1) is 12.6. The van der Waals surface area contributed by atoms with E-state index in [1.165, 1.54) is 4.68 Å². The summed E-state index contributed by atoms with van der Waals surface area (Å²) in [5.74, 6) is 0.0280. The van der Waals surface area contributed by atoms with Crippen LogP contribution in [0.2, 0.25) is 5.02 Å². The summed E-state index contributed by atoms with van der Waals surface area (Å²) in [6, 6.07) is 15.5. The molecule has 1 aliphatic heterocycles. The number of aromatic nitrogens is 3. The van der Waals surface area contributed by atoms with Crippen LogP contribution in [0, 0.1) is 0 Å². The van der Waals surface area contributed by atoms with E-state index in [0.717, 1.165) is 5.56 Å². The Morgan fingerprint density at radius 2 is 1.88 bits per heavy atom. The van der Waals surface area contributed by atoms with Crippen molar-refractivity contribution in [2.24, 2.45) is 0 Å². The van der Waals surface area contributed by atoms with Crippen molar-refractivity contribution in [1.29, 1.82) is 0 Å². The van der Waals surface area contributed by atoms with Crippen LogP contribution in [0.4, 0.5) is 11.6 Å². The van der Waals surface area contributed by atoms with Crippen molar-refractivity contribution in [3.8, 4) is 11.4 Å². The minimum atomic E-state index is -0.806. The molecule has 1 aromatic heterocycles. The molecule has 2 aromatic carbocycles. The highest BCUT2D eigenvalue weighted by Crippen LogP contribution is 2.28. The van der Waals surface area contributed by atoms with Crippen molar-refractivity contribution < 1.29 is 9.59 Å². The van der Waals surface area contributed by atoms with Gasteiger partial charge in [-0.25, -0.2) is 4.68 Å². The third-order valence-corrected chi connectivity index (χ3v) is 4.35. The van der Waals surface area contributed by atoms with E-state index in [-0.39, 0.29) is 24.2 Å². The second kappa shape index (κ2) is 6.61. The summed E-state index contributed by atoms with van der Waals surface area (Å²) >= 11 is 6.09. The number of para-hydroxylation sites is 1. The lowest BCUT2D eigenvalue weighted by Gasteiger charge is -2.22. The van der Waals surface area contributed by atoms with Crippen LogP contribution in [0.3, 0.4) is 0 Å². The number of amides is 2. The first-order valence-corrected chi connectivity index (χ1v) is 8.37. The van der Waals surface area contributed by atoms with Crippen molar-refractivity contribution in [3.63, 3.8) is 0 Å². The van der Waals surface area contributed by atoms with Gasteiger partial charge in [-0.3, -0.25) is 14.9 Å². The molecule has 0 fully saturated rings. The molecule has 2 N–H and O–H groups in total. The molecular formula is C18H14ClN5O2. The molecule has 26 heavy (non-hydrogen) atoms. The summed E-state index contributed by atoms with van der Waals surface area (Å²) in [4.78, 5) is 29.1. The molecule has 7 nitrogen and oxygen atoms in total. The van der Waals surface area contributed by atoms with Crippen LogP contribution in [0.25, 0.3) is 11.4 Å². The lowest BCUT2D eigenvalue weighted by Crippen LogP contribution is -2.36. The maximum atomic E-state index is 12.7. The Bertz CT molecular complexity index is 986. The predicted octanol–water partition coefficient (Wildman–Crippen LogP) is 3.12. The highest BCUT2D eigenvalue weighted by atomic mass is 35.5. The molecule has 3 aromatic rings. The monoisotopic (exact) mass is 367 g/mol. The molecule has 0 radical (unpaired) electrons. The van der Waals surface area contributed by atoms with Gasteiger partial charge < -0.3 is 5.32 Å². The number of carbonyl (C=O) groups excluding carboxylic acids is 2. The van der Waals surface area contributed by atoms with Crippen LogP contribution >= 0.6 is 11.6 Å². The van der Waals surface area contributed by atoms with Crippen LogP contribution < -0.4 is 10.6 Å². The smallest absolute Gasteiger partial charge is 0.249 e. The van der Waals surface area contributed by atoms with Gasteiger partial charge in [0.15, 0.2) is 5.82 Å². The summed E-state index contributed by atoms with van der Waals surface area (Å²) in [5, 5.41) is 10.2. The van der Waals surface area contributed by atoms with E-state index in [4.69, 9.17) is 11.6 Å². The molecule has 2 heterocycles. The summed E-state index contributed by atoms with van der Waals surface area (Å²) in [5.41, 5.74) is 1.28. The molecule has 0 aliphatic carbocycles. The molecule has 0 saturated carbocycles. The third kappa shape index (κ3) is 3.04. The van der Waals surface area contributed by atoms with Crippen molar-refractivity contribution in [2.45, 2.75) is 12.5 Å². The van der Waals surface area contributed by atoms with Crippen molar-refractivity contribution in [1.82, 2.24) is 14.8 Å². The van der Waals surface area contributed by atoms with E-state index in [2.05, 4.69) is 20.7 Å². The topological polar surface area (TPSA) is 88.9 Å². The van der Waals surface area contributed by atoms with E-state index in [1.807, 2.05) is 30.3 Å². The van der Waals surface area contributed by atoms with Crippen LogP contribution in [0.1, 0.15) is 12.5 Å². The molecule has 0 bridgehead atoms. The number of anilines is 2. The fourth-order valence-electron chi connectivity index (χ4n) is 2.76. The zero-order valence-corrected chi connectivity index (χ0v) is 14.3. The Hall–Kier alpha value is -3.19. The number of nitrogens with zero attached hydrogens (tertiary/aromatic N) is 3. The van der Waals surface area contributed by atoms with Gasteiger partial charge in [-0.1, -0.05) is 54.1 Å². The number of rotatable bonds is 3. The molecule has 0 saturated heterocycles. The zero-order valence-electron chi connectivity index (χ0n) is 13.5. The Morgan fingerprint density at radius 1 is 1.15 bits per heavy atom. The number of fused-ring (bicyclic) bond motifs is 1. The maximum absolute atomic E-state index is 12.7. The fourth-order valence-corrected chi connectivity index (χ4v) is 2.94. The van der Waals surface area contributed by atoms with E-state index < -0.39 is 6.04 Å². The van der Waals surface area contributed by atoms with Crippen molar-refractivity contribution >= 4 is 35.1 Å². The Balaban J connectivity index is 1.66. The molecule has 2 amide bonds. The molecule has 0 spiro atoms. The van der Waals surface area contributed by atoms with E-state index in [1.54, 1.807) is 24.3 Å². The van der Waals surface area contributed by atoms with Gasteiger partial charge in [0.25, 0.3) is 0 Å². The largest absolute Gasteiger partial charge is 0.323 e. The number of halogens is 1. The minimum Gasteiger partial charge on any atom is -0.323 e. The SMILES string of the molecule is O=C1C[C@@H](C(=O)Nc2ccccc2Cl)n2nc(-c3ccccc3)nc2N1. The minimum absolute atomic E-state index is 0.0269. The average molecular weight is 368 g/mol. The van der Waals surface area contributed by atoms with E-state index in [9.17, 15) is 9.59 Å². The van der Waals surface area contributed by atoms with E-state index >= 15 is 0 Å².